The largest absolute Gasteiger partial charge is 0.493 e. The van der Waals surface area contributed by atoms with Gasteiger partial charge in [-0.3, -0.25) is 25.1 Å². The normalized spacial score (nSPS) is 14.0. The van der Waals surface area contributed by atoms with Crippen molar-refractivity contribution >= 4 is 29.3 Å². The number of anilines is 1. The lowest BCUT2D eigenvalue weighted by molar-refractivity contribution is -0.384. The van der Waals surface area contributed by atoms with Crippen LogP contribution in [0.1, 0.15) is 16.7 Å². The molecule has 9 heteroatoms. The molecule has 36 heavy (non-hydrogen) atoms. The maximum atomic E-state index is 12.9. The van der Waals surface area contributed by atoms with E-state index in [1.165, 1.54) is 30.3 Å². The monoisotopic (exact) mass is 485 g/mol. The second-order valence-electron chi connectivity index (χ2n) is 7.89. The molecule has 4 rings (SSSR count). The Morgan fingerprint density at radius 3 is 2.44 bits per heavy atom. The number of hydrogen-bond donors (Lipinski definition) is 1. The van der Waals surface area contributed by atoms with Crippen LogP contribution in [-0.4, -0.2) is 23.8 Å². The summed E-state index contributed by atoms with van der Waals surface area (Å²) in [6, 6.07) is 18.4. The number of non-ortho nitro benzene ring substituents is 1. The Kier molecular flexibility index (Phi) is 7.10. The minimum Gasteiger partial charge on any atom is -0.493 e. The molecule has 0 saturated carbocycles. The quantitative estimate of drug-likeness (QED) is 0.158. The molecule has 0 atom stereocenters. The minimum atomic E-state index is -0.508. The third-order valence-electron chi connectivity index (χ3n) is 5.49. The summed E-state index contributed by atoms with van der Waals surface area (Å²) in [5, 5.41) is 12.1. The van der Waals surface area contributed by atoms with E-state index in [-0.39, 0.29) is 17.9 Å². The van der Waals surface area contributed by atoms with Crippen molar-refractivity contribution in [2.45, 2.75) is 13.0 Å². The van der Waals surface area contributed by atoms with Gasteiger partial charge in [0, 0.05) is 17.7 Å². The molecule has 3 aromatic carbocycles. The van der Waals surface area contributed by atoms with Gasteiger partial charge < -0.3 is 9.47 Å². The average Bonchev–Trinajstić information content (AvgIpc) is 3.17. The number of nitro benzene ring substituents is 1. The van der Waals surface area contributed by atoms with E-state index >= 15 is 0 Å². The van der Waals surface area contributed by atoms with E-state index in [1.54, 1.807) is 54.6 Å². The number of allylic oxidation sites excluding steroid dienone is 1. The van der Waals surface area contributed by atoms with Gasteiger partial charge in [-0.1, -0.05) is 24.3 Å². The number of carbonyl (C=O) groups excluding carboxylic acids is 2. The Morgan fingerprint density at radius 1 is 1.08 bits per heavy atom. The molecule has 9 nitrogen and oxygen atoms in total. The molecule has 0 radical (unpaired) electrons. The zero-order valence-corrected chi connectivity index (χ0v) is 19.5. The number of nitrogens with one attached hydrogen (secondary N) is 1. The predicted octanol–water partition coefficient (Wildman–Crippen LogP) is 4.37. The van der Waals surface area contributed by atoms with Gasteiger partial charge in [-0.25, -0.2) is 5.01 Å². The Morgan fingerprint density at radius 2 is 1.81 bits per heavy atom. The Labute approximate surface area is 207 Å². The minimum absolute atomic E-state index is 0.00241. The number of nitrogens with zero attached hydrogens (tertiary/aromatic N) is 2. The van der Waals surface area contributed by atoms with Crippen molar-refractivity contribution in [3.8, 4) is 11.5 Å². The first kappa shape index (κ1) is 24.2. The number of amides is 2. The van der Waals surface area contributed by atoms with E-state index in [2.05, 4.69) is 12.0 Å². The fourth-order valence-electron chi connectivity index (χ4n) is 3.74. The van der Waals surface area contributed by atoms with Gasteiger partial charge in [0.1, 0.15) is 12.2 Å². The van der Waals surface area contributed by atoms with Gasteiger partial charge in [-0.2, -0.15) is 0 Å². The van der Waals surface area contributed by atoms with Crippen LogP contribution in [0.2, 0.25) is 0 Å². The van der Waals surface area contributed by atoms with Crippen LogP contribution in [-0.2, 0) is 22.6 Å². The molecule has 1 N–H and O–H groups in total. The molecule has 0 unspecified atom stereocenters. The van der Waals surface area contributed by atoms with Crippen molar-refractivity contribution in [2.24, 2.45) is 0 Å². The van der Waals surface area contributed by atoms with Gasteiger partial charge in [0.25, 0.3) is 17.5 Å². The number of hydrazine groups is 1. The maximum Gasteiger partial charge on any atom is 0.282 e. The fraction of sp³-hybridized carbons (Fsp3) is 0.111. The van der Waals surface area contributed by atoms with Gasteiger partial charge >= 0.3 is 0 Å². The van der Waals surface area contributed by atoms with Crippen LogP contribution in [0.25, 0.3) is 6.08 Å². The SMILES string of the molecule is C=CCc1cc(/C=C2/C(=O)NN(c3ccccc3)C2=O)cc(OC)c1OCc1ccc([N+](=O)[O-])cc1. The van der Waals surface area contributed by atoms with Gasteiger partial charge in [0.05, 0.1) is 17.7 Å². The third kappa shape index (κ3) is 5.10. The van der Waals surface area contributed by atoms with E-state index in [0.29, 0.717) is 29.2 Å². The highest BCUT2D eigenvalue weighted by Gasteiger charge is 2.34. The lowest BCUT2D eigenvalue weighted by Gasteiger charge is -2.16. The van der Waals surface area contributed by atoms with Crippen molar-refractivity contribution in [3.05, 3.63) is 112 Å². The number of carbonyl (C=O) groups is 2. The summed E-state index contributed by atoms with van der Waals surface area (Å²) in [4.78, 5) is 35.9. The number of rotatable bonds is 9. The first-order valence-corrected chi connectivity index (χ1v) is 11.0. The first-order valence-electron chi connectivity index (χ1n) is 11.0. The summed E-state index contributed by atoms with van der Waals surface area (Å²) in [5.41, 5.74) is 5.19. The zero-order chi connectivity index (χ0) is 25.7. The Balaban J connectivity index is 1.62. The summed E-state index contributed by atoms with van der Waals surface area (Å²) >= 11 is 0. The molecule has 0 spiro atoms. The summed E-state index contributed by atoms with van der Waals surface area (Å²) < 4.78 is 11.6. The average molecular weight is 485 g/mol. The van der Waals surface area contributed by atoms with Crippen LogP contribution >= 0.6 is 0 Å². The number of benzene rings is 3. The second-order valence-corrected chi connectivity index (χ2v) is 7.89. The summed E-state index contributed by atoms with van der Waals surface area (Å²) in [7, 11) is 1.49. The molecule has 1 fully saturated rings. The van der Waals surface area contributed by atoms with Crippen LogP contribution in [0.3, 0.4) is 0 Å². The molecule has 0 aliphatic carbocycles. The van der Waals surface area contributed by atoms with E-state index < -0.39 is 16.7 Å². The number of nitro groups is 1. The molecule has 0 bridgehead atoms. The van der Waals surface area contributed by atoms with E-state index in [9.17, 15) is 19.7 Å². The van der Waals surface area contributed by atoms with Gasteiger partial charge in [0.15, 0.2) is 11.5 Å². The highest BCUT2D eigenvalue weighted by Crippen LogP contribution is 2.35. The number of hydrogen-bond acceptors (Lipinski definition) is 6. The molecule has 0 aromatic heterocycles. The highest BCUT2D eigenvalue weighted by atomic mass is 16.6. The molecular weight excluding hydrogens is 462 g/mol. The van der Waals surface area contributed by atoms with Gasteiger partial charge in [0.2, 0.25) is 0 Å². The molecule has 2 amide bonds. The fourth-order valence-corrected chi connectivity index (χ4v) is 3.74. The molecule has 1 heterocycles. The predicted molar refractivity (Wildman–Crippen MR) is 134 cm³/mol. The summed E-state index contributed by atoms with van der Waals surface area (Å²) in [5.74, 6) is -0.0829. The number of para-hydroxylation sites is 1. The van der Waals surface area contributed by atoms with Crippen molar-refractivity contribution < 1.29 is 24.0 Å². The molecular formula is C27H23N3O6. The number of ether oxygens (including phenoxy) is 2. The lowest BCUT2D eigenvalue weighted by Crippen LogP contribution is -2.35. The van der Waals surface area contributed by atoms with Crippen LogP contribution in [0.15, 0.2) is 85.0 Å². The molecule has 1 saturated heterocycles. The van der Waals surface area contributed by atoms with Crippen molar-refractivity contribution in [3.63, 3.8) is 0 Å². The molecule has 182 valence electrons. The summed E-state index contributed by atoms with van der Waals surface area (Å²) in [6.07, 6.45) is 3.66. The molecule has 3 aromatic rings. The number of methoxy groups -OCH3 is 1. The van der Waals surface area contributed by atoms with E-state index in [0.717, 1.165) is 11.1 Å². The molecule has 1 aliphatic rings. The van der Waals surface area contributed by atoms with Crippen LogP contribution in [0, 0.1) is 10.1 Å². The summed E-state index contributed by atoms with van der Waals surface area (Å²) in [6.45, 7) is 3.96. The zero-order valence-electron chi connectivity index (χ0n) is 19.5. The topological polar surface area (TPSA) is 111 Å². The van der Waals surface area contributed by atoms with Crippen LogP contribution < -0.4 is 19.9 Å². The Bertz CT molecular complexity index is 1350. The standard InChI is InChI=1S/C27H23N3O6/c1-3-7-20-14-19(15-23-26(31)28-29(27(23)32)21-8-5-4-6-9-21)16-24(35-2)25(20)36-17-18-10-12-22(13-11-18)30(33)34/h3-6,8-16H,1,7,17H2,2H3,(H,28,31)/b23-15-. The van der Waals surface area contributed by atoms with E-state index in [4.69, 9.17) is 9.47 Å². The van der Waals surface area contributed by atoms with Gasteiger partial charge in [-0.15, -0.1) is 6.58 Å². The van der Waals surface area contributed by atoms with Crippen molar-refractivity contribution in [1.29, 1.82) is 0 Å². The lowest BCUT2D eigenvalue weighted by atomic mass is 10.0. The van der Waals surface area contributed by atoms with Crippen molar-refractivity contribution in [2.75, 3.05) is 12.1 Å². The van der Waals surface area contributed by atoms with E-state index in [1.807, 2.05) is 6.07 Å². The smallest absolute Gasteiger partial charge is 0.282 e. The second kappa shape index (κ2) is 10.6. The maximum absolute atomic E-state index is 12.9. The van der Waals surface area contributed by atoms with Crippen LogP contribution in [0.5, 0.6) is 11.5 Å². The molecule has 1 aliphatic heterocycles. The highest BCUT2D eigenvalue weighted by molar-refractivity contribution is 6.31. The first-order chi connectivity index (χ1) is 17.4. The Hall–Kier alpha value is -4.92. The third-order valence-corrected chi connectivity index (χ3v) is 5.49. The van der Waals surface area contributed by atoms with Gasteiger partial charge in [-0.05, 0) is 60.0 Å². The van der Waals surface area contributed by atoms with Crippen molar-refractivity contribution in [1.82, 2.24) is 5.43 Å². The van der Waals surface area contributed by atoms with Crippen LogP contribution in [0.4, 0.5) is 11.4 Å².